The maximum absolute atomic E-state index is 13.1. The molecule has 1 aromatic carbocycles. The van der Waals surface area contributed by atoms with Crippen molar-refractivity contribution in [2.24, 2.45) is 0 Å². The molecule has 0 amide bonds. The van der Waals surface area contributed by atoms with E-state index in [2.05, 4.69) is 25.4 Å². The normalized spacial score (nSPS) is 17.7. The molecule has 1 aliphatic rings. The van der Waals surface area contributed by atoms with Gasteiger partial charge >= 0.3 is 0 Å². The van der Waals surface area contributed by atoms with Gasteiger partial charge in [-0.2, -0.15) is 0 Å². The number of hydrogen-bond donors (Lipinski definition) is 1. The van der Waals surface area contributed by atoms with Crippen LogP contribution >= 0.6 is 11.3 Å². The Bertz CT molecular complexity index is 823. The molecule has 1 N–H and O–H groups in total. The van der Waals surface area contributed by atoms with Gasteiger partial charge in [-0.25, -0.2) is 9.37 Å². The minimum Gasteiger partial charge on any atom is -0.313 e. The average Bonchev–Trinajstić information content (AvgIpc) is 3.29. The maximum atomic E-state index is 13.1. The lowest BCUT2D eigenvalue weighted by molar-refractivity contribution is 0.244. The Hall–Kier alpha value is -2.45. The van der Waals surface area contributed by atoms with Crippen molar-refractivity contribution < 1.29 is 4.39 Å². The minimum atomic E-state index is -0.206. The predicted molar refractivity (Wildman–Crippen MR) is 94.0 cm³/mol. The Labute approximate surface area is 148 Å². The number of halogens is 1. The molecule has 3 heterocycles. The van der Waals surface area contributed by atoms with Gasteiger partial charge in [0.2, 0.25) is 5.13 Å². The second-order valence-electron chi connectivity index (χ2n) is 5.95. The minimum absolute atomic E-state index is 0.206. The van der Waals surface area contributed by atoms with Crippen LogP contribution in [0.3, 0.4) is 0 Å². The van der Waals surface area contributed by atoms with E-state index in [4.69, 9.17) is 4.98 Å². The van der Waals surface area contributed by atoms with Crippen LogP contribution in [-0.4, -0.2) is 31.6 Å². The molecule has 8 heteroatoms. The topological polar surface area (TPSA) is 66.8 Å². The molecule has 0 saturated carbocycles. The number of hydrogen-bond acceptors (Lipinski definition) is 7. The Morgan fingerprint density at radius 1 is 1.24 bits per heavy atom. The van der Waals surface area contributed by atoms with E-state index in [-0.39, 0.29) is 11.9 Å². The number of rotatable bonds is 5. The molecular formula is C17H17FN6S. The Kier molecular flexibility index (Phi) is 4.62. The van der Waals surface area contributed by atoms with Crippen LogP contribution in [-0.2, 0) is 6.54 Å². The predicted octanol–water partition coefficient (Wildman–Crippen LogP) is 3.55. The van der Waals surface area contributed by atoms with Crippen LogP contribution in [0.1, 0.15) is 30.1 Å². The van der Waals surface area contributed by atoms with Crippen molar-refractivity contribution in [1.29, 1.82) is 0 Å². The first-order valence-electron chi connectivity index (χ1n) is 8.11. The molecule has 2 aromatic heterocycles. The molecule has 1 saturated heterocycles. The van der Waals surface area contributed by atoms with Crippen molar-refractivity contribution in [3.8, 4) is 0 Å². The summed E-state index contributed by atoms with van der Waals surface area (Å²) in [6.45, 7) is 1.78. The second-order valence-corrected chi connectivity index (χ2v) is 6.79. The summed E-state index contributed by atoms with van der Waals surface area (Å²) in [5.41, 5.74) is 3.71. The van der Waals surface area contributed by atoms with Gasteiger partial charge in [-0.15, -0.1) is 10.2 Å². The zero-order chi connectivity index (χ0) is 17.1. The highest BCUT2D eigenvalue weighted by Crippen LogP contribution is 2.32. The lowest BCUT2D eigenvalue weighted by Gasteiger charge is -2.24. The zero-order valence-electron chi connectivity index (χ0n) is 13.5. The van der Waals surface area contributed by atoms with Gasteiger partial charge in [0, 0.05) is 6.54 Å². The molecule has 4 rings (SSSR count). The second kappa shape index (κ2) is 7.20. The molecule has 0 bridgehead atoms. The number of likely N-dealkylation sites (tertiary alicyclic amines) is 1. The van der Waals surface area contributed by atoms with E-state index in [9.17, 15) is 4.39 Å². The van der Waals surface area contributed by atoms with Gasteiger partial charge in [0.25, 0.3) is 0 Å². The molecule has 128 valence electrons. The van der Waals surface area contributed by atoms with E-state index in [0.29, 0.717) is 10.9 Å². The number of nitrogens with one attached hydrogen (secondary N) is 1. The SMILES string of the molecule is Fc1ccc(CN2CCCC2c2cncc(Nc3nncs3)n2)cc1. The standard InChI is InChI=1S/C17H17FN6S/c18-13-5-3-12(4-6-13)10-24-7-1-2-15(24)14-8-19-9-16(21-14)22-17-23-20-11-25-17/h3-6,8-9,11,15H,1-2,7,10H2,(H,21,22,23). The fourth-order valence-corrected chi connectivity index (χ4v) is 3.57. The summed E-state index contributed by atoms with van der Waals surface area (Å²) in [5, 5.41) is 11.6. The lowest BCUT2D eigenvalue weighted by atomic mass is 10.1. The van der Waals surface area contributed by atoms with Gasteiger partial charge in [-0.3, -0.25) is 9.88 Å². The highest BCUT2D eigenvalue weighted by Gasteiger charge is 2.27. The Morgan fingerprint density at radius 2 is 2.12 bits per heavy atom. The zero-order valence-corrected chi connectivity index (χ0v) is 14.3. The van der Waals surface area contributed by atoms with Gasteiger partial charge in [0.05, 0.1) is 24.1 Å². The molecule has 25 heavy (non-hydrogen) atoms. The van der Waals surface area contributed by atoms with Gasteiger partial charge in [0.1, 0.15) is 11.3 Å². The molecule has 1 unspecified atom stereocenters. The van der Waals surface area contributed by atoms with Crippen molar-refractivity contribution in [3.63, 3.8) is 0 Å². The van der Waals surface area contributed by atoms with Gasteiger partial charge in [-0.05, 0) is 37.1 Å². The van der Waals surface area contributed by atoms with E-state index in [0.717, 1.165) is 37.2 Å². The molecule has 3 aromatic rings. The summed E-state index contributed by atoms with van der Waals surface area (Å²) in [7, 11) is 0. The highest BCUT2D eigenvalue weighted by molar-refractivity contribution is 7.13. The van der Waals surface area contributed by atoms with Crippen LogP contribution in [0.15, 0.2) is 42.2 Å². The summed E-state index contributed by atoms with van der Waals surface area (Å²) < 4.78 is 13.1. The number of nitrogens with zero attached hydrogens (tertiary/aromatic N) is 5. The van der Waals surface area contributed by atoms with E-state index in [1.807, 2.05) is 18.3 Å². The van der Waals surface area contributed by atoms with Crippen LogP contribution in [0.5, 0.6) is 0 Å². The molecule has 0 radical (unpaired) electrons. The largest absolute Gasteiger partial charge is 0.313 e. The van der Waals surface area contributed by atoms with E-state index >= 15 is 0 Å². The summed E-state index contributed by atoms with van der Waals surface area (Å²) in [6.07, 6.45) is 5.66. The van der Waals surface area contributed by atoms with Crippen molar-refractivity contribution in [2.75, 3.05) is 11.9 Å². The quantitative estimate of drug-likeness (QED) is 0.754. The molecular weight excluding hydrogens is 339 g/mol. The van der Waals surface area contributed by atoms with E-state index < -0.39 is 0 Å². The third-order valence-electron chi connectivity index (χ3n) is 4.25. The van der Waals surface area contributed by atoms with E-state index in [1.54, 1.807) is 11.7 Å². The third kappa shape index (κ3) is 3.80. The van der Waals surface area contributed by atoms with Crippen molar-refractivity contribution in [2.45, 2.75) is 25.4 Å². The molecule has 1 aliphatic heterocycles. The van der Waals surface area contributed by atoms with Crippen molar-refractivity contribution in [1.82, 2.24) is 25.1 Å². The number of aromatic nitrogens is 4. The monoisotopic (exact) mass is 356 g/mol. The number of benzene rings is 1. The highest BCUT2D eigenvalue weighted by atomic mass is 32.1. The first-order valence-corrected chi connectivity index (χ1v) is 8.99. The lowest BCUT2D eigenvalue weighted by Crippen LogP contribution is -2.23. The smallest absolute Gasteiger partial charge is 0.211 e. The van der Waals surface area contributed by atoms with Gasteiger partial charge < -0.3 is 5.32 Å². The first-order chi connectivity index (χ1) is 12.3. The van der Waals surface area contributed by atoms with E-state index in [1.165, 1.54) is 23.5 Å². The van der Waals surface area contributed by atoms with Crippen LogP contribution in [0, 0.1) is 5.82 Å². The van der Waals surface area contributed by atoms with Crippen molar-refractivity contribution in [3.05, 3.63) is 59.2 Å². The molecule has 0 aliphatic carbocycles. The molecule has 1 atom stereocenters. The summed E-state index contributed by atoms with van der Waals surface area (Å²) in [4.78, 5) is 11.4. The fraction of sp³-hybridized carbons (Fsp3) is 0.294. The van der Waals surface area contributed by atoms with Gasteiger partial charge in [-0.1, -0.05) is 23.5 Å². The van der Waals surface area contributed by atoms with Gasteiger partial charge in [0.15, 0.2) is 5.82 Å². The molecule has 6 nitrogen and oxygen atoms in total. The Morgan fingerprint density at radius 3 is 2.92 bits per heavy atom. The van der Waals surface area contributed by atoms with Crippen molar-refractivity contribution >= 4 is 22.3 Å². The summed E-state index contributed by atoms with van der Waals surface area (Å²) >= 11 is 1.42. The number of anilines is 2. The van der Waals surface area contributed by atoms with Crippen LogP contribution in [0.25, 0.3) is 0 Å². The van der Waals surface area contributed by atoms with Crippen LogP contribution in [0.2, 0.25) is 0 Å². The van der Waals surface area contributed by atoms with Crippen LogP contribution < -0.4 is 5.32 Å². The Balaban J connectivity index is 1.50. The maximum Gasteiger partial charge on any atom is 0.211 e. The first kappa shape index (κ1) is 16.0. The third-order valence-corrected chi connectivity index (χ3v) is 4.86. The summed E-state index contributed by atoms with van der Waals surface area (Å²) in [6, 6.07) is 6.90. The fourth-order valence-electron chi connectivity index (χ4n) is 3.11. The molecule has 0 spiro atoms. The average molecular weight is 356 g/mol. The molecule has 1 fully saturated rings. The summed E-state index contributed by atoms with van der Waals surface area (Å²) in [5.74, 6) is 0.464. The van der Waals surface area contributed by atoms with Crippen LogP contribution in [0.4, 0.5) is 15.3 Å².